The zero-order chi connectivity index (χ0) is 9.84. The van der Waals surface area contributed by atoms with Gasteiger partial charge in [-0.1, -0.05) is 6.92 Å². The number of methoxy groups -OCH3 is 1. The van der Waals surface area contributed by atoms with Crippen molar-refractivity contribution in [2.24, 2.45) is 5.92 Å². The standard InChI is InChI=1S/C9H17N3O/c1-7(6-13-3)5-12-8(2)4-11-9(12)10/h4,7H,5-6H2,1-3H3,(H2,10,11). The van der Waals surface area contributed by atoms with Crippen LogP contribution in [0.3, 0.4) is 0 Å². The SMILES string of the molecule is COCC(C)Cn1c(C)cnc1N. The van der Waals surface area contributed by atoms with Crippen molar-refractivity contribution in [2.75, 3.05) is 19.5 Å². The monoisotopic (exact) mass is 183 g/mol. The van der Waals surface area contributed by atoms with Gasteiger partial charge in [-0.15, -0.1) is 0 Å². The van der Waals surface area contributed by atoms with Crippen molar-refractivity contribution in [3.63, 3.8) is 0 Å². The molecule has 4 heteroatoms. The number of anilines is 1. The van der Waals surface area contributed by atoms with Crippen LogP contribution in [0.15, 0.2) is 6.20 Å². The van der Waals surface area contributed by atoms with Gasteiger partial charge in [-0.25, -0.2) is 4.98 Å². The Bertz CT molecular complexity index is 250. The van der Waals surface area contributed by atoms with Crippen LogP contribution < -0.4 is 5.73 Å². The minimum absolute atomic E-state index is 0.459. The molecule has 0 spiro atoms. The van der Waals surface area contributed by atoms with E-state index < -0.39 is 0 Å². The second kappa shape index (κ2) is 4.28. The number of nitrogens with zero attached hydrogens (tertiary/aromatic N) is 2. The Labute approximate surface area is 78.7 Å². The molecule has 1 heterocycles. The molecule has 2 N–H and O–H groups in total. The zero-order valence-corrected chi connectivity index (χ0v) is 8.45. The van der Waals surface area contributed by atoms with E-state index in [2.05, 4.69) is 11.9 Å². The number of aryl methyl sites for hydroxylation is 1. The smallest absolute Gasteiger partial charge is 0.200 e. The maximum Gasteiger partial charge on any atom is 0.200 e. The lowest BCUT2D eigenvalue weighted by atomic mass is 10.2. The van der Waals surface area contributed by atoms with Crippen LogP contribution in [-0.2, 0) is 11.3 Å². The van der Waals surface area contributed by atoms with E-state index in [1.54, 1.807) is 13.3 Å². The summed E-state index contributed by atoms with van der Waals surface area (Å²) in [6, 6.07) is 0. The Balaban J connectivity index is 2.62. The van der Waals surface area contributed by atoms with Gasteiger partial charge in [0.05, 0.1) is 12.8 Å². The fourth-order valence-electron chi connectivity index (χ4n) is 1.37. The lowest BCUT2D eigenvalue weighted by Gasteiger charge is -2.13. The van der Waals surface area contributed by atoms with E-state index in [0.29, 0.717) is 11.9 Å². The van der Waals surface area contributed by atoms with Crippen molar-refractivity contribution in [1.29, 1.82) is 0 Å². The second-order valence-electron chi connectivity index (χ2n) is 3.43. The lowest BCUT2D eigenvalue weighted by molar-refractivity contribution is 0.151. The van der Waals surface area contributed by atoms with Crippen LogP contribution >= 0.6 is 0 Å². The largest absolute Gasteiger partial charge is 0.384 e. The van der Waals surface area contributed by atoms with Crippen molar-refractivity contribution in [1.82, 2.24) is 9.55 Å². The number of nitrogens with two attached hydrogens (primary N) is 1. The summed E-state index contributed by atoms with van der Waals surface area (Å²) < 4.78 is 7.06. The Morgan fingerprint density at radius 1 is 1.69 bits per heavy atom. The molecule has 0 saturated carbocycles. The molecule has 1 rings (SSSR count). The summed E-state index contributed by atoms with van der Waals surface area (Å²) >= 11 is 0. The van der Waals surface area contributed by atoms with Crippen LogP contribution in [0.5, 0.6) is 0 Å². The average molecular weight is 183 g/mol. The third-order valence-electron chi connectivity index (χ3n) is 2.03. The highest BCUT2D eigenvalue weighted by molar-refractivity contribution is 5.21. The van der Waals surface area contributed by atoms with E-state index in [-0.39, 0.29) is 0 Å². The molecule has 0 saturated heterocycles. The highest BCUT2D eigenvalue weighted by atomic mass is 16.5. The third kappa shape index (κ3) is 2.45. The number of imidazole rings is 1. The first-order chi connectivity index (χ1) is 6.15. The molecule has 1 unspecified atom stereocenters. The molecular formula is C9H17N3O. The molecule has 0 radical (unpaired) electrons. The van der Waals surface area contributed by atoms with Crippen LogP contribution in [-0.4, -0.2) is 23.3 Å². The van der Waals surface area contributed by atoms with Crippen LogP contribution in [0.25, 0.3) is 0 Å². The molecule has 0 fully saturated rings. The Morgan fingerprint density at radius 2 is 2.38 bits per heavy atom. The second-order valence-corrected chi connectivity index (χ2v) is 3.43. The van der Waals surface area contributed by atoms with E-state index in [9.17, 15) is 0 Å². The van der Waals surface area contributed by atoms with Crippen molar-refractivity contribution >= 4 is 5.95 Å². The Hall–Kier alpha value is -1.03. The van der Waals surface area contributed by atoms with Crippen molar-refractivity contribution < 1.29 is 4.74 Å². The molecule has 74 valence electrons. The van der Waals surface area contributed by atoms with Crippen molar-refractivity contribution in [2.45, 2.75) is 20.4 Å². The summed E-state index contributed by atoms with van der Waals surface area (Å²) in [6.07, 6.45) is 1.79. The number of rotatable bonds is 4. The molecule has 0 aliphatic heterocycles. The van der Waals surface area contributed by atoms with Gasteiger partial charge in [0.15, 0.2) is 5.95 Å². The zero-order valence-electron chi connectivity index (χ0n) is 8.45. The summed E-state index contributed by atoms with van der Waals surface area (Å²) in [5, 5.41) is 0. The van der Waals surface area contributed by atoms with Gasteiger partial charge in [0.1, 0.15) is 0 Å². The predicted octanol–water partition coefficient (Wildman–Crippen LogP) is 1.06. The molecular weight excluding hydrogens is 166 g/mol. The normalized spacial score (nSPS) is 13.2. The maximum absolute atomic E-state index is 5.70. The maximum atomic E-state index is 5.70. The molecule has 1 aromatic rings. The number of aromatic nitrogens is 2. The molecule has 0 amide bonds. The molecule has 0 aliphatic carbocycles. The van der Waals surface area contributed by atoms with Crippen LogP contribution in [0.1, 0.15) is 12.6 Å². The fraction of sp³-hybridized carbons (Fsp3) is 0.667. The quantitative estimate of drug-likeness (QED) is 0.759. The first-order valence-electron chi connectivity index (χ1n) is 4.41. The van der Waals surface area contributed by atoms with E-state index in [1.807, 2.05) is 11.5 Å². The fourth-order valence-corrected chi connectivity index (χ4v) is 1.37. The van der Waals surface area contributed by atoms with E-state index >= 15 is 0 Å². The number of nitrogen functional groups attached to an aromatic ring is 1. The molecule has 0 aliphatic rings. The van der Waals surface area contributed by atoms with Crippen molar-refractivity contribution in [3.8, 4) is 0 Å². The van der Waals surface area contributed by atoms with Crippen LogP contribution in [0, 0.1) is 12.8 Å². The Kier molecular flexibility index (Phi) is 3.31. The molecule has 0 aromatic carbocycles. The van der Waals surface area contributed by atoms with Crippen LogP contribution in [0.4, 0.5) is 5.95 Å². The Morgan fingerprint density at radius 3 is 2.85 bits per heavy atom. The number of hydrogen-bond donors (Lipinski definition) is 1. The highest BCUT2D eigenvalue weighted by Gasteiger charge is 2.07. The van der Waals surface area contributed by atoms with Gasteiger partial charge >= 0.3 is 0 Å². The topological polar surface area (TPSA) is 53.1 Å². The first-order valence-corrected chi connectivity index (χ1v) is 4.41. The van der Waals surface area contributed by atoms with Crippen molar-refractivity contribution in [3.05, 3.63) is 11.9 Å². The van der Waals surface area contributed by atoms with E-state index in [4.69, 9.17) is 10.5 Å². The van der Waals surface area contributed by atoms with Gasteiger partial charge in [-0.2, -0.15) is 0 Å². The van der Waals surface area contributed by atoms with E-state index in [0.717, 1.165) is 18.8 Å². The molecule has 1 atom stereocenters. The summed E-state index contributed by atoms with van der Waals surface area (Å²) in [5.41, 5.74) is 6.79. The summed E-state index contributed by atoms with van der Waals surface area (Å²) in [5.74, 6) is 1.04. The van der Waals surface area contributed by atoms with Gasteiger partial charge in [-0.05, 0) is 12.8 Å². The van der Waals surface area contributed by atoms with Gasteiger partial charge in [0.2, 0.25) is 0 Å². The molecule has 13 heavy (non-hydrogen) atoms. The average Bonchev–Trinajstić information content (AvgIpc) is 2.36. The number of ether oxygens (including phenoxy) is 1. The van der Waals surface area contributed by atoms with Gasteiger partial charge in [0, 0.05) is 19.3 Å². The van der Waals surface area contributed by atoms with Crippen LogP contribution in [0.2, 0.25) is 0 Å². The third-order valence-corrected chi connectivity index (χ3v) is 2.03. The lowest BCUT2D eigenvalue weighted by Crippen LogP contribution is -2.15. The summed E-state index contributed by atoms with van der Waals surface area (Å²) in [6.45, 7) is 5.74. The molecule has 1 aromatic heterocycles. The van der Waals surface area contributed by atoms with Gasteiger partial charge in [0.25, 0.3) is 0 Å². The summed E-state index contributed by atoms with van der Waals surface area (Å²) in [7, 11) is 1.71. The van der Waals surface area contributed by atoms with Gasteiger partial charge in [-0.3, -0.25) is 0 Å². The summed E-state index contributed by atoms with van der Waals surface area (Å²) in [4.78, 5) is 4.03. The minimum Gasteiger partial charge on any atom is -0.384 e. The number of hydrogen-bond acceptors (Lipinski definition) is 3. The van der Waals surface area contributed by atoms with Gasteiger partial charge < -0.3 is 15.0 Å². The minimum atomic E-state index is 0.459. The molecule has 4 nitrogen and oxygen atoms in total. The highest BCUT2D eigenvalue weighted by Crippen LogP contribution is 2.09. The first kappa shape index (κ1) is 10.1. The molecule has 0 bridgehead atoms. The predicted molar refractivity (Wildman–Crippen MR) is 52.4 cm³/mol. The van der Waals surface area contributed by atoms with E-state index in [1.165, 1.54) is 0 Å².